The lowest BCUT2D eigenvalue weighted by Crippen LogP contribution is -2.54. The lowest BCUT2D eigenvalue weighted by molar-refractivity contribution is 0.465. The van der Waals surface area contributed by atoms with Gasteiger partial charge in [0.05, 0.1) is 5.75 Å². The predicted molar refractivity (Wildman–Crippen MR) is 94.6 cm³/mol. The highest BCUT2D eigenvalue weighted by Crippen LogP contribution is 2.43. The fraction of sp³-hybridized carbons (Fsp3) is 0.278. The number of phenols is 1. The monoisotopic (exact) mass is 380 g/mol. The topological polar surface area (TPSA) is 92.8 Å². The molecule has 1 aliphatic rings. The van der Waals surface area contributed by atoms with Gasteiger partial charge >= 0.3 is 0 Å². The highest BCUT2D eigenvalue weighted by Gasteiger charge is 2.53. The number of rotatable bonds is 2. The van der Waals surface area contributed by atoms with Crippen LogP contribution in [-0.4, -0.2) is 25.1 Å². The standard InChI is InChI=1S/C18H18F2N2O3S/c1-17(14-9-12(19)6-7-15(14)20)10-26(24,25)18(2,16(21)22-17)11-4-3-5-13(23)8-11/h3-9,23H,10H2,1-2H3,(H2,21,22)/t17-,18+/m0/s1. The second-order valence-corrected chi connectivity index (χ2v) is 9.07. The van der Waals surface area contributed by atoms with E-state index in [1.807, 2.05) is 0 Å². The highest BCUT2D eigenvalue weighted by molar-refractivity contribution is 7.93. The number of sulfone groups is 1. The van der Waals surface area contributed by atoms with Crippen LogP contribution in [0.15, 0.2) is 47.5 Å². The van der Waals surface area contributed by atoms with E-state index < -0.39 is 37.5 Å². The SMILES string of the molecule is C[C@@]1(c2cccc(O)c2)C(N)=N[C@](C)(c2cc(F)ccc2F)CS1(=O)=O. The molecule has 0 bridgehead atoms. The molecule has 1 heterocycles. The Bertz CT molecular complexity index is 1020. The third kappa shape index (κ3) is 2.65. The zero-order valence-corrected chi connectivity index (χ0v) is 15.0. The molecule has 5 nitrogen and oxygen atoms in total. The second kappa shape index (κ2) is 5.77. The number of hydrogen-bond donors (Lipinski definition) is 2. The zero-order valence-electron chi connectivity index (χ0n) is 14.2. The van der Waals surface area contributed by atoms with Crippen LogP contribution >= 0.6 is 0 Å². The van der Waals surface area contributed by atoms with Gasteiger partial charge in [0.1, 0.15) is 28.8 Å². The fourth-order valence-corrected chi connectivity index (χ4v) is 5.36. The molecule has 0 saturated heterocycles. The molecule has 0 amide bonds. The molecule has 3 N–H and O–H groups in total. The molecule has 0 aromatic heterocycles. The van der Waals surface area contributed by atoms with Crippen molar-refractivity contribution in [1.29, 1.82) is 0 Å². The number of amidine groups is 1. The number of aromatic hydroxyl groups is 1. The summed E-state index contributed by atoms with van der Waals surface area (Å²) in [5.41, 5.74) is 4.55. The summed E-state index contributed by atoms with van der Waals surface area (Å²) in [6, 6.07) is 8.52. The van der Waals surface area contributed by atoms with Crippen LogP contribution < -0.4 is 5.73 Å². The highest BCUT2D eigenvalue weighted by atomic mass is 32.2. The molecule has 26 heavy (non-hydrogen) atoms. The summed E-state index contributed by atoms with van der Waals surface area (Å²) >= 11 is 0. The first-order valence-electron chi connectivity index (χ1n) is 7.83. The van der Waals surface area contributed by atoms with E-state index in [1.54, 1.807) is 0 Å². The number of aliphatic imine (C=N–C) groups is 1. The molecule has 2 aromatic rings. The van der Waals surface area contributed by atoms with Crippen LogP contribution in [0.1, 0.15) is 25.0 Å². The molecule has 0 aliphatic carbocycles. The number of hydrogen-bond acceptors (Lipinski definition) is 5. The number of benzene rings is 2. The molecule has 1 aliphatic heterocycles. The lowest BCUT2D eigenvalue weighted by atomic mass is 9.91. The molecule has 2 atom stereocenters. The third-order valence-corrected chi connectivity index (χ3v) is 7.49. The maximum Gasteiger partial charge on any atom is 0.169 e. The van der Waals surface area contributed by atoms with Gasteiger partial charge in [0.25, 0.3) is 0 Å². The Morgan fingerprint density at radius 2 is 1.85 bits per heavy atom. The number of phenolic OH excluding ortho intramolecular Hbond substituents is 1. The van der Waals surface area contributed by atoms with Crippen molar-refractivity contribution in [3.8, 4) is 5.75 Å². The molecule has 0 spiro atoms. The Balaban J connectivity index is 2.23. The van der Waals surface area contributed by atoms with Crippen molar-refractivity contribution < 1.29 is 22.3 Å². The van der Waals surface area contributed by atoms with Gasteiger partial charge in [-0.3, -0.25) is 4.99 Å². The molecule has 3 rings (SSSR count). The van der Waals surface area contributed by atoms with Gasteiger partial charge in [0, 0.05) is 5.56 Å². The maximum absolute atomic E-state index is 14.2. The van der Waals surface area contributed by atoms with Gasteiger partial charge in [-0.25, -0.2) is 17.2 Å². The third-order valence-electron chi connectivity index (χ3n) is 4.85. The molecule has 0 unspecified atom stereocenters. The minimum Gasteiger partial charge on any atom is -0.508 e. The Morgan fingerprint density at radius 1 is 1.15 bits per heavy atom. The summed E-state index contributed by atoms with van der Waals surface area (Å²) < 4.78 is 52.5. The van der Waals surface area contributed by atoms with Crippen molar-refractivity contribution in [2.75, 3.05) is 5.75 Å². The van der Waals surface area contributed by atoms with Crippen LogP contribution in [0.2, 0.25) is 0 Å². The van der Waals surface area contributed by atoms with E-state index in [9.17, 15) is 22.3 Å². The molecule has 0 fully saturated rings. The molecular weight excluding hydrogens is 362 g/mol. The van der Waals surface area contributed by atoms with Crippen molar-refractivity contribution in [1.82, 2.24) is 0 Å². The molecule has 138 valence electrons. The van der Waals surface area contributed by atoms with Crippen LogP contribution in [0.25, 0.3) is 0 Å². The van der Waals surface area contributed by atoms with Crippen molar-refractivity contribution in [2.24, 2.45) is 10.7 Å². The first-order valence-corrected chi connectivity index (χ1v) is 9.48. The summed E-state index contributed by atoms with van der Waals surface area (Å²) in [6.45, 7) is 2.79. The van der Waals surface area contributed by atoms with E-state index in [-0.39, 0.29) is 22.7 Å². The Kier molecular flexibility index (Phi) is 4.06. The molecule has 8 heteroatoms. The first kappa shape index (κ1) is 18.3. The van der Waals surface area contributed by atoms with E-state index in [4.69, 9.17) is 5.73 Å². The Hall–Kier alpha value is -2.48. The van der Waals surface area contributed by atoms with Crippen molar-refractivity contribution in [3.63, 3.8) is 0 Å². The van der Waals surface area contributed by atoms with E-state index in [0.29, 0.717) is 0 Å². The molecule has 2 aromatic carbocycles. The van der Waals surface area contributed by atoms with Crippen LogP contribution in [-0.2, 0) is 20.1 Å². The van der Waals surface area contributed by atoms with Gasteiger partial charge in [-0.15, -0.1) is 0 Å². The van der Waals surface area contributed by atoms with Crippen LogP contribution in [0.4, 0.5) is 8.78 Å². The van der Waals surface area contributed by atoms with Gasteiger partial charge in [-0.1, -0.05) is 12.1 Å². The van der Waals surface area contributed by atoms with Crippen molar-refractivity contribution in [2.45, 2.75) is 24.1 Å². The van der Waals surface area contributed by atoms with Crippen molar-refractivity contribution >= 4 is 15.7 Å². The summed E-state index contributed by atoms with van der Waals surface area (Å²) in [4.78, 5) is 4.27. The van der Waals surface area contributed by atoms with E-state index in [0.717, 1.165) is 18.2 Å². The summed E-state index contributed by atoms with van der Waals surface area (Å²) in [5, 5.41) is 9.70. The van der Waals surface area contributed by atoms with Crippen LogP contribution in [0, 0.1) is 11.6 Å². The minimum absolute atomic E-state index is 0.115. The van der Waals surface area contributed by atoms with Gasteiger partial charge in [-0.05, 0) is 49.7 Å². The summed E-state index contributed by atoms with van der Waals surface area (Å²) in [7, 11) is -3.98. The fourth-order valence-electron chi connectivity index (χ4n) is 3.26. The average Bonchev–Trinajstić information content (AvgIpc) is 2.54. The van der Waals surface area contributed by atoms with Gasteiger partial charge in [0.2, 0.25) is 0 Å². The van der Waals surface area contributed by atoms with E-state index >= 15 is 0 Å². The minimum atomic E-state index is -3.98. The maximum atomic E-state index is 14.2. The van der Waals surface area contributed by atoms with Gasteiger partial charge < -0.3 is 10.8 Å². The number of halogens is 2. The molecule has 0 saturated carbocycles. The van der Waals surface area contributed by atoms with E-state index in [1.165, 1.54) is 38.1 Å². The Labute approximate surface area is 150 Å². The second-order valence-electron chi connectivity index (χ2n) is 6.74. The quantitative estimate of drug-likeness (QED) is 0.838. The molecular formula is C18H18F2N2O3S. The van der Waals surface area contributed by atoms with Gasteiger partial charge in [-0.2, -0.15) is 0 Å². The van der Waals surface area contributed by atoms with Crippen molar-refractivity contribution in [3.05, 3.63) is 65.2 Å². The first-order chi connectivity index (χ1) is 12.0. The van der Waals surface area contributed by atoms with Gasteiger partial charge in [0.15, 0.2) is 14.6 Å². The van der Waals surface area contributed by atoms with E-state index in [2.05, 4.69) is 4.99 Å². The number of nitrogens with two attached hydrogens (primary N) is 1. The number of nitrogens with zero attached hydrogens (tertiary/aromatic N) is 1. The Morgan fingerprint density at radius 3 is 2.46 bits per heavy atom. The summed E-state index contributed by atoms with van der Waals surface area (Å²) in [6.07, 6.45) is 0. The zero-order chi connectivity index (χ0) is 19.3. The normalized spacial score (nSPS) is 27.8. The smallest absolute Gasteiger partial charge is 0.169 e. The van der Waals surface area contributed by atoms with Crippen LogP contribution in [0.5, 0.6) is 5.75 Å². The predicted octanol–water partition coefficient (Wildman–Crippen LogP) is 2.59. The lowest BCUT2D eigenvalue weighted by Gasteiger charge is -2.40. The molecule has 0 radical (unpaired) electrons. The van der Waals surface area contributed by atoms with Crippen LogP contribution in [0.3, 0.4) is 0 Å². The average molecular weight is 380 g/mol. The summed E-state index contributed by atoms with van der Waals surface area (Å²) in [5.74, 6) is -2.39. The largest absolute Gasteiger partial charge is 0.508 e.